The van der Waals surface area contributed by atoms with Crippen molar-refractivity contribution in [2.75, 3.05) is 10.6 Å². The number of rotatable bonds is 4. The van der Waals surface area contributed by atoms with E-state index in [2.05, 4.69) is 45.3 Å². The first-order valence-corrected chi connectivity index (χ1v) is 9.99. The van der Waals surface area contributed by atoms with Crippen molar-refractivity contribution in [1.29, 1.82) is 0 Å². The zero-order valence-corrected chi connectivity index (χ0v) is 18.1. The van der Waals surface area contributed by atoms with Crippen LogP contribution in [0.3, 0.4) is 0 Å². The molecule has 5 nitrogen and oxygen atoms in total. The first-order valence-electron chi connectivity index (χ1n) is 9.99. The largest absolute Gasteiger partial charge is 0.324 e. The third-order valence-corrected chi connectivity index (χ3v) is 4.83. The fourth-order valence-electron chi connectivity index (χ4n) is 2.95. The van der Waals surface area contributed by atoms with Gasteiger partial charge in [0.1, 0.15) is 5.82 Å². The van der Waals surface area contributed by atoms with Gasteiger partial charge in [-0.1, -0.05) is 64.4 Å². The molecule has 0 saturated heterocycles. The van der Waals surface area contributed by atoms with Gasteiger partial charge >= 0.3 is 6.03 Å². The number of aromatic nitrogens is 2. The molecular weight excluding hydrogens is 360 g/mol. The summed E-state index contributed by atoms with van der Waals surface area (Å²) >= 11 is 0. The SMILES string of the molecule is Cc1ccc(-n2nc(C(C)(C)C)cc2NC(=O)Nc2ccc(C(C)C)cc2)cc1. The van der Waals surface area contributed by atoms with Crippen LogP contribution in [-0.2, 0) is 5.41 Å². The molecule has 0 radical (unpaired) electrons. The van der Waals surface area contributed by atoms with Crippen molar-refractivity contribution in [2.45, 2.75) is 52.9 Å². The fourth-order valence-corrected chi connectivity index (χ4v) is 2.95. The highest BCUT2D eigenvalue weighted by Crippen LogP contribution is 2.26. The van der Waals surface area contributed by atoms with Crippen LogP contribution in [0.2, 0.25) is 0 Å². The Morgan fingerprint density at radius 1 is 0.966 bits per heavy atom. The van der Waals surface area contributed by atoms with E-state index >= 15 is 0 Å². The number of hydrogen-bond donors (Lipinski definition) is 2. The lowest BCUT2D eigenvalue weighted by atomic mass is 9.92. The van der Waals surface area contributed by atoms with Gasteiger partial charge in [-0.05, 0) is 42.7 Å². The number of urea groups is 1. The van der Waals surface area contributed by atoms with Gasteiger partial charge < -0.3 is 5.32 Å². The van der Waals surface area contributed by atoms with Crippen molar-refractivity contribution in [2.24, 2.45) is 0 Å². The second-order valence-corrected chi connectivity index (χ2v) is 8.77. The predicted octanol–water partition coefficient (Wildman–Crippen LogP) is 6.25. The number of aryl methyl sites for hydroxylation is 1. The molecule has 0 aliphatic carbocycles. The van der Waals surface area contributed by atoms with Crippen molar-refractivity contribution in [3.8, 4) is 5.69 Å². The normalized spacial score (nSPS) is 11.6. The molecule has 0 aliphatic heterocycles. The van der Waals surface area contributed by atoms with Crippen molar-refractivity contribution in [3.05, 3.63) is 71.4 Å². The molecule has 152 valence electrons. The van der Waals surface area contributed by atoms with Gasteiger partial charge in [0.05, 0.1) is 11.4 Å². The Morgan fingerprint density at radius 3 is 2.14 bits per heavy atom. The summed E-state index contributed by atoms with van der Waals surface area (Å²) in [5, 5.41) is 10.6. The second-order valence-electron chi connectivity index (χ2n) is 8.77. The Labute approximate surface area is 173 Å². The Kier molecular flexibility index (Phi) is 5.78. The summed E-state index contributed by atoms with van der Waals surface area (Å²) < 4.78 is 1.78. The number of amides is 2. The lowest BCUT2D eigenvalue weighted by Gasteiger charge is -2.14. The van der Waals surface area contributed by atoms with Crippen LogP contribution in [0.5, 0.6) is 0 Å². The summed E-state index contributed by atoms with van der Waals surface area (Å²) in [5.74, 6) is 1.09. The van der Waals surface area contributed by atoms with E-state index < -0.39 is 0 Å². The number of hydrogen-bond acceptors (Lipinski definition) is 2. The molecule has 2 amide bonds. The van der Waals surface area contributed by atoms with Crippen LogP contribution in [0.1, 0.15) is 57.4 Å². The average molecular weight is 391 g/mol. The molecule has 0 aliphatic rings. The van der Waals surface area contributed by atoms with Gasteiger partial charge in [-0.25, -0.2) is 9.48 Å². The highest BCUT2D eigenvalue weighted by Gasteiger charge is 2.21. The van der Waals surface area contributed by atoms with Gasteiger partial charge in [-0.2, -0.15) is 5.10 Å². The van der Waals surface area contributed by atoms with Gasteiger partial charge in [-0.3, -0.25) is 5.32 Å². The molecule has 5 heteroatoms. The maximum atomic E-state index is 12.6. The molecule has 0 atom stereocenters. The lowest BCUT2D eigenvalue weighted by molar-refractivity contribution is 0.262. The third kappa shape index (κ3) is 5.05. The molecule has 2 N–H and O–H groups in total. The average Bonchev–Trinajstić information content (AvgIpc) is 3.07. The number of anilines is 2. The Hall–Kier alpha value is -3.08. The number of carbonyl (C=O) groups excluding carboxylic acids is 1. The minimum atomic E-state index is -0.295. The molecule has 0 unspecified atom stereocenters. The fraction of sp³-hybridized carbons (Fsp3) is 0.333. The number of nitrogens with one attached hydrogen (secondary N) is 2. The zero-order valence-electron chi connectivity index (χ0n) is 18.1. The van der Waals surface area contributed by atoms with E-state index in [1.54, 1.807) is 4.68 Å². The van der Waals surface area contributed by atoms with E-state index in [-0.39, 0.29) is 11.4 Å². The quantitative estimate of drug-likeness (QED) is 0.553. The van der Waals surface area contributed by atoms with Crippen molar-refractivity contribution in [1.82, 2.24) is 9.78 Å². The van der Waals surface area contributed by atoms with Crippen LogP contribution < -0.4 is 10.6 Å². The summed E-state index contributed by atoms with van der Waals surface area (Å²) in [5.41, 5.74) is 4.86. The molecule has 0 spiro atoms. The monoisotopic (exact) mass is 390 g/mol. The minimum absolute atomic E-state index is 0.129. The predicted molar refractivity (Wildman–Crippen MR) is 120 cm³/mol. The van der Waals surface area contributed by atoms with Crippen LogP contribution in [-0.4, -0.2) is 15.8 Å². The number of carbonyl (C=O) groups is 1. The van der Waals surface area contributed by atoms with E-state index in [1.807, 2.05) is 61.5 Å². The molecule has 3 aromatic rings. The standard InChI is InChI=1S/C24H30N4O/c1-16(2)18-9-11-19(12-10-18)25-23(29)26-22-15-21(24(4,5)6)27-28(22)20-13-7-17(3)8-14-20/h7-16H,1-6H3,(H2,25,26,29). The van der Waals surface area contributed by atoms with Gasteiger partial charge in [0.15, 0.2) is 0 Å². The minimum Gasteiger partial charge on any atom is -0.308 e. The van der Waals surface area contributed by atoms with Crippen molar-refractivity contribution in [3.63, 3.8) is 0 Å². The molecule has 1 aromatic heterocycles. The number of nitrogens with zero attached hydrogens (tertiary/aromatic N) is 2. The summed E-state index contributed by atoms with van der Waals surface area (Å²) in [6.07, 6.45) is 0. The maximum absolute atomic E-state index is 12.6. The summed E-state index contributed by atoms with van der Waals surface area (Å²) in [4.78, 5) is 12.6. The topological polar surface area (TPSA) is 59.0 Å². The van der Waals surface area contributed by atoms with Crippen molar-refractivity contribution < 1.29 is 4.79 Å². The molecule has 3 rings (SSSR count). The molecule has 0 bridgehead atoms. The highest BCUT2D eigenvalue weighted by atomic mass is 16.2. The van der Waals surface area contributed by atoms with Crippen LogP contribution >= 0.6 is 0 Å². The Bertz CT molecular complexity index is 977. The molecule has 1 heterocycles. The van der Waals surface area contributed by atoms with E-state index in [0.717, 1.165) is 17.1 Å². The van der Waals surface area contributed by atoms with Gasteiger partial charge in [0.2, 0.25) is 0 Å². The first-order chi connectivity index (χ1) is 13.6. The van der Waals surface area contributed by atoms with E-state index in [4.69, 9.17) is 5.10 Å². The van der Waals surface area contributed by atoms with Gasteiger partial charge in [0.25, 0.3) is 0 Å². The first kappa shape index (κ1) is 20.6. The zero-order chi connectivity index (χ0) is 21.2. The number of benzene rings is 2. The van der Waals surface area contributed by atoms with E-state index in [1.165, 1.54) is 11.1 Å². The smallest absolute Gasteiger partial charge is 0.308 e. The molecule has 0 fully saturated rings. The molecular formula is C24H30N4O. The van der Waals surface area contributed by atoms with Crippen LogP contribution in [0.25, 0.3) is 5.69 Å². The third-order valence-electron chi connectivity index (χ3n) is 4.83. The van der Waals surface area contributed by atoms with Crippen LogP contribution in [0, 0.1) is 6.92 Å². The lowest BCUT2D eigenvalue weighted by Crippen LogP contribution is -2.21. The van der Waals surface area contributed by atoms with E-state index in [9.17, 15) is 4.79 Å². The van der Waals surface area contributed by atoms with E-state index in [0.29, 0.717) is 11.7 Å². The van der Waals surface area contributed by atoms with Gasteiger partial charge in [-0.15, -0.1) is 0 Å². The summed E-state index contributed by atoms with van der Waals surface area (Å²) in [6, 6.07) is 17.6. The highest BCUT2D eigenvalue weighted by molar-refractivity contribution is 5.99. The summed E-state index contributed by atoms with van der Waals surface area (Å²) in [7, 11) is 0. The van der Waals surface area contributed by atoms with Crippen molar-refractivity contribution >= 4 is 17.5 Å². The summed E-state index contributed by atoms with van der Waals surface area (Å²) in [6.45, 7) is 12.7. The Balaban J connectivity index is 1.84. The molecule has 2 aromatic carbocycles. The maximum Gasteiger partial charge on any atom is 0.324 e. The van der Waals surface area contributed by atoms with Gasteiger partial charge in [0, 0.05) is 17.2 Å². The Morgan fingerprint density at radius 2 is 1.59 bits per heavy atom. The van der Waals surface area contributed by atoms with Crippen LogP contribution in [0.15, 0.2) is 54.6 Å². The van der Waals surface area contributed by atoms with Crippen LogP contribution in [0.4, 0.5) is 16.3 Å². The second kappa shape index (κ2) is 8.11. The molecule has 0 saturated carbocycles. The molecule has 29 heavy (non-hydrogen) atoms.